The smallest absolute Gasteiger partial charge is 0.326 e. The van der Waals surface area contributed by atoms with Gasteiger partial charge in [-0.3, -0.25) is 4.79 Å². The number of ether oxygens (including phenoxy) is 1. The number of imidazole rings is 1. The van der Waals surface area contributed by atoms with E-state index in [4.69, 9.17) is 4.74 Å². The van der Waals surface area contributed by atoms with E-state index in [0.717, 1.165) is 29.1 Å². The number of hydrogen-bond acceptors (Lipinski definition) is 4. The predicted octanol–water partition coefficient (Wildman–Crippen LogP) is 1.78. The third kappa shape index (κ3) is 3.81. The number of fused-ring (bicyclic) bond motifs is 1. The zero-order valence-electron chi connectivity index (χ0n) is 14.1. The number of nitrogens with one attached hydrogen (secondary N) is 1. The molecule has 2 heterocycles. The number of aromatic nitrogens is 2. The Morgan fingerprint density at radius 1 is 1.36 bits per heavy atom. The lowest BCUT2D eigenvalue weighted by Gasteiger charge is -2.32. The molecule has 132 valence electrons. The highest BCUT2D eigenvalue weighted by molar-refractivity contribution is 5.84. The van der Waals surface area contributed by atoms with Crippen LogP contribution in [0.15, 0.2) is 30.6 Å². The number of aromatic amines is 1. The molecule has 7 nitrogen and oxygen atoms in total. The monoisotopic (exact) mass is 343 g/mol. The normalized spacial score (nSPS) is 16.4. The van der Waals surface area contributed by atoms with Gasteiger partial charge in [0.1, 0.15) is 11.8 Å². The van der Waals surface area contributed by atoms with Crippen LogP contribution in [0.1, 0.15) is 29.8 Å². The van der Waals surface area contributed by atoms with Gasteiger partial charge in [-0.15, -0.1) is 0 Å². The summed E-state index contributed by atoms with van der Waals surface area (Å²) >= 11 is 0. The number of carboxylic acids is 1. The fourth-order valence-electron chi connectivity index (χ4n) is 3.10. The van der Waals surface area contributed by atoms with Gasteiger partial charge in [-0.2, -0.15) is 0 Å². The van der Waals surface area contributed by atoms with Crippen LogP contribution >= 0.6 is 0 Å². The van der Waals surface area contributed by atoms with Crippen LogP contribution in [0.5, 0.6) is 5.75 Å². The summed E-state index contributed by atoms with van der Waals surface area (Å²) < 4.78 is 5.12. The summed E-state index contributed by atoms with van der Waals surface area (Å²) in [5.41, 5.74) is 2.67. The first kappa shape index (κ1) is 17.0. The molecule has 0 saturated heterocycles. The largest absolute Gasteiger partial charge is 0.497 e. The molecular weight excluding hydrogens is 322 g/mol. The van der Waals surface area contributed by atoms with Crippen LogP contribution in [-0.4, -0.2) is 45.0 Å². The van der Waals surface area contributed by atoms with Crippen LogP contribution in [0.2, 0.25) is 0 Å². The van der Waals surface area contributed by atoms with Gasteiger partial charge in [0, 0.05) is 12.8 Å². The topological polar surface area (TPSA) is 95.5 Å². The van der Waals surface area contributed by atoms with Gasteiger partial charge >= 0.3 is 5.97 Å². The summed E-state index contributed by atoms with van der Waals surface area (Å²) in [5.74, 6) is -0.328. The molecule has 2 aromatic rings. The minimum Gasteiger partial charge on any atom is -0.497 e. The Bertz CT molecular complexity index is 754. The van der Waals surface area contributed by atoms with E-state index in [9.17, 15) is 14.7 Å². The van der Waals surface area contributed by atoms with Crippen molar-refractivity contribution in [2.75, 3.05) is 7.11 Å². The first-order chi connectivity index (χ1) is 12.1. The third-order valence-corrected chi connectivity index (χ3v) is 4.52. The molecule has 0 unspecified atom stereocenters. The van der Waals surface area contributed by atoms with E-state index in [1.807, 2.05) is 24.3 Å². The number of nitrogens with zero attached hydrogens (tertiary/aromatic N) is 2. The van der Waals surface area contributed by atoms with E-state index in [-0.39, 0.29) is 18.9 Å². The average molecular weight is 343 g/mol. The number of benzene rings is 1. The van der Waals surface area contributed by atoms with E-state index in [0.29, 0.717) is 12.8 Å². The quantitative estimate of drug-likeness (QED) is 0.833. The van der Waals surface area contributed by atoms with Crippen LogP contribution in [0.4, 0.5) is 0 Å². The average Bonchev–Trinajstić information content (AvgIpc) is 3.08. The van der Waals surface area contributed by atoms with Crippen molar-refractivity contribution in [2.45, 2.75) is 38.3 Å². The van der Waals surface area contributed by atoms with Crippen LogP contribution in [0.3, 0.4) is 0 Å². The highest BCUT2D eigenvalue weighted by atomic mass is 16.5. The Labute approximate surface area is 145 Å². The molecule has 3 rings (SSSR count). The Morgan fingerprint density at radius 2 is 2.12 bits per heavy atom. The number of carboxylic acid groups (broad SMARTS) is 1. The molecule has 0 fully saturated rings. The van der Waals surface area contributed by atoms with Gasteiger partial charge in [-0.05, 0) is 30.5 Å². The van der Waals surface area contributed by atoms with Crippen molar-refractivity contribution in [1.82, 2.24) is 14.9 Å². The van der Waals surface area contributed by atoms with Crippen LogP contribution < -0.4 is 4.74 Å². The first-order valence-corrected chi connectivity index (χ1v) is 8.25. The number of hydrogen-bond donors (Lipinski definition) is 2. The van der Waals surface area contributed by atoms with Gasteiger partial charge in [-0.25, -0.2) is 9.78 Å². The van der Waals surface area contributed by atoms with Crippen molar-refractivity contribution in [3.63, 3.8) is 0 Å². The van der Waals surface area contributed by atoms with Crippen molar-refractivity contribution in [1.29, 1.82) is 0 Å². The Morgan fingerprint density at radius 3 is 2.80 bits per heavy atom. The van der Waals surface area contributed by atoms with E-state index in [1.165, 1.54) is 4.90 Å². The molecule has 1 aromatic carbocycles. The van der Waals surface area contributed by atoms with E-state index >= 15 is 0 Å². The summed E-state index contributed by atoms with van der Waals surface area (Å²) in [4.78, 5) is 32.6. The number of methoxy groups -OCH3 is 1. The van der Waals surface area contributed by atoms with E-state index < -0.39 is 12.0 Å². The van der Waals surface area contributed by atoms with Gasteiger partial charge < -0.3 is 19.7 Å². The van der Waals surface area contributed by atoms with Crippen molar-refractivity contribution < 1.29 is 19.4 Å². The fourth-order valence-corrected chi connectivity index (χ4v) is 3.10. The first-order valence-electron chi connectivity index (χ1n) is 8.25. The van der Waals surface area contributed by atoms with Gasteiger partial charge in [0.05, 0.1) is 31.4 Å². The standard InChI is InChI=1S/C18H21N3O4/c1-25-13-7-5-12(6-8-13)3-2-4-17(22)21-10-15-14(19-11-20-15)9-16(21)18(23)24/h5-8,11,16H,2-4,9-10H2,1H3,(H,19,20)(H,23,24)/t16-/m0/s1. The lowest BCUT2D eigenvalue weighted by molar-refractivity contribution is -0.151. The molecule has 1 atom stereocenters. The zero-order valence-corrected chi connectivity index (χ0v) is 14.1. The number of amides is 1. The Kier molecular flexibility index (Phi) is 5.02. The van der Waals surface area contributed by atoms with Crippen molar-refractivity contribution in [3.05, 3.63) is 47.5 Å². The van der Waals surface area contributed by atoms with Crippen molar-refractivity contribution in [2.24, 2.45) is 0 Å². The lowest BCUT2D eigenvalue weighted by atomic mass is 10.0. The highest BCUT2D eigenvalue weighted by Gasteiger charge is 2.35. The Balaban J connectivity index is 1.58. The van der Waals surface area contributed by atoms with Crippen molar-refractivity contribution in [3.8, 4) is 5.75 Å². The number of aliphatic carboxylic acids is 1. The summed E-state index contributed by atoms with van der Waals surface area (Å²) in [5, 5.41) is 9.43. The molecule has 0 bridgehead atoms. The lowest BCUT2D eigenvalue weighted by Crippen LogP contribution is -2.48. The maximum Gasteiger partial charge on any atom is 0.326 e. The zero-order chi connectivity index (χ0) is 17.8. The summed E-state index contributed by atoms with van der Waals surface area (Å²) in [7, 11) is 1.62. The maximum absolute atomic E-state index is 12.5. The second-order valence-electron chi connectivity index (χ2n) is 6.11. The molecule has 1 aromatic heterocycles. The molecule has 1 aliphatic rings. The van der Waals surface area contributed by atoms with Crippen LogP contribution in [0, 0.1) is 0 Å². The molecule has 25 heavy (non-hydrogen) atoms. The molecule has 0 spiro atoms. The van der Waals surface area contributed by atoms with Gasteiger partial charge in [0.15, 0.2) is 0 Å². The minimum absolute atomic E-state index is 0.138. The molecule has 0 radical (unpaired) electrons. The summed E-state index contributed by atoms with van der Waals surface area (Å²) in [6.45, 7) is 0.271. The van der Waals surface area contributed by atoms with Crippen LogP contribution in [0.25, 0.3) is 0 Å². The van der Waals surface area contributed by atoms with Gasteiger partial charge in [-0.1, -0.05) is 12.1 Å². The number of carbonyl (C=O) groups is 2. The number of rotatable bonds is 6. The second kappa shape index (κ2) is 7.38. The molecule has 2 N–H and O–H groups in total. The number of H-pyrrole nitrogens is 1. The van der Waals surface area contributed by atoms with E-state index in [2.05, 4.69) is 9.97 Å². The molecular formula is C18H21N3O4. The SMILES string of the molecule is COc1ccc(CCCC(=O)N2Cc3[nH]cnc3C[C@H]2C(=O)O)cc1. The molecule has 1 aliphatic heterocycles. The third-order valence-electron chi connectivity index (χ3n) is 4.52. The summed E-state index contributed by atoms with van der Waals surface area (Å²) in [6.07, 6.45) is 3.54. The number of carbonyl (C=O) groups excluding carboxylic acids is 1. The maximum atomic E-state index is 12.5. The fraction of sp³-hybridized carbons (Fsp3) is 0.389. The van der Waals surface area contributed by atoms with Crippen LogP contribution in [-0.2, 0) is 29.0 Å². The molecule has 0 aliphatic carbocycles. The Hall–Kier alpha value is -2.83. The second-order valence-corrected chi connectivity index (χ2v) is 6.11. The molecule has 0 saturated carbocycles. The molecule has 7 heteroatoms. The molecule has 1 amide bonds. The predicted molar refractivity (Wildman–Crippen MR) is 90.2 cm³/mol. The van der Waals surface area contributed by atoms with E-state index in [1.54, 1.807) is 13.4 Å². The van der Waals surface area contributed by atoms with Gasteiger partial charge in [0.2, 0.25) is 5.91 Å². The minimum atomic E-state index is -0.989. The van der Waals surface area contributed by atoms with Crippen molar-refractivity contribution >= 4 is 11.9 Å². The highest BCUT2D eigenvalue weighted by Crippen LogP contribution is 2.22. The summed E-state index contributed by atoms with van der Waals surface area (Å²) in [6, 6.07) is 6.89. The number of aryl methyl sites for hydroxylation is 1. The van der Waals surface area contributed by atoms with Gasteiger partial charge in [0.25, 0.3) is 0 Å².